The van der Waals surface area contributed by atoms with Crippen molar-refractivity contribution >= 4 is 5.65 Å². The molecule has 0 saturated heterocycles. The van der Waals surface area contributed by atoms with Gasteiger partial charge in [0, 0.05) is 11.8 Å². The molecule has 0 saturated carbocycles. The molecule has 0 spiro atoms. The predicted octanol–water partition coefficient (Wildman–Crippen LogP) is 3.99. The maximum atomic E-state index is 9.13. The van der Waals surface area contributed by atoms with E-state index < -0.39 is 0 Å². The van der Waals surface area contributed by atoms with Crippen LogP contribution in [0.3, 0.4) is 0 Å². The van der Waals surface area contributed by atoms with Gasteiger partial charge in [-0.25, -0.2) is 4.98 Å². The first-order valence-corrected chi connectivity index (χ1v) is 7.02. The highest BCUT2D eigenvalue weighted by molar-refractivity contribution is 5.68. The summed E-state index contributed by atoms with van der Waals surface area (Å²) in [6, 6.07) is 12.7. The van der Waals surface area contributed by atoms with Gasteiger partial charge in [0.1, 0.15) is 5.65 Å². The van der Waals surface area contributed by atoms with Crippen molar-refractivity contribution in [2.45, 2.75) is 27.2 Å². The molecule has 0 fully saturated rings. The van der Waals surface area contributed by atoms with E-state index in [2.05, 4.69) is 38.1 Å². The molecule has 21 heavy (non-hydrogen) atoms. The predicted molar refractivity (Wildman–Crippen MR) is 84.2 cm³/mol. The Hall–Kier alpha value is -2.60. The van der Waals surface area contributed by atoms with Gasteiger partial charge in [-0.05, 0) is 55.7 Å². The average molecular weight is 275 g/mol. The Balaban J connectivity index is 2.27. The highest BCUT2D eigenvalue weighted by Gasteiger charge is 2.14. The minimum atomic E-state index is 0.354. The molecule has 0 radical (unpaired) electrons. The minimum absolute atomic E-state index is 0.354. The number of pyridine rings is 1. The van der Waals surface area contributed by atoms with Crippen molar-refractivity contribution in [3.63, 3.8) is 0 Å². The smallest absolute Gasteiger partial charge is 0.137 e. The van der Waals surface area contributed by atoms with Crippen molar-refractivity contribution in [1.82, 2.24) is 9.38 Å². The quantitative estimate of drug-likeness (QED) is 0.709. The molecule has 104 valence electrons. The van der Waals surface area contributed by atoms with Gasteiger partial charge in [-0.2, -0.15) is 5.26 Å². The number of imidazole rings is 1. The Morgan fingerprint density at radius 1 is 1.10 bits per heavy atom. The second-order valence-corrected chi connectivity index (χ2v) is 5.47. The van der Waals surface area contributed by atoms with Gasteiger partial charge in [-0.3, -0.25) is 0 Å². The largest absolute Gasteiger partial charge is 0.302 e. The summed E-state index contributed by atoms with van der Waals surface area (Å²) in [4.78, 5) is 4.74. The third-order valence-electron chi connectivity index (χ3n) is 3.91. The number of aromatic nitrogens is 2. The molecule has 0 unspecified atom stereocenters. The SMILES string of the molecule is Cc1ccn2c(CC#N)c(-c3ccc(C)c(C)c3)nc2c1. The van der Waals surface area contributed by atoms with E-state index in [9.17, 15) is 0 Å². The molecule has 0 amide bonds. The highest BCUT2D eigenvalue weighted by atomic mass is 15.0. The average Bonchev–Trinajstić information content (AvgIpc) is 2.80. The molecule has 2 heterocycles. The van der Waals surface area contributed by atoms with Gasteiger partial charge in [-0.1, -0.05) is 12.1 Å². The standard InChI is InChI=1S/C18H17N3/c1-12-7-9-21-16(6-8-19)18(20-17(21)10-12)15-5-4-13(2)14(3)11-15/h4-5,7,9-11H,6H2,1-3H3. The van der Waals surface area contributed by atoms with Gasteiger partial charge in [0.05, 0.1) is 23.9 Å². The van der Waals surface area contributed by atoms with Gasteiger partial charge >= 0.3 is 0 Å². The summed E-state index contributed by atoms with van der Waals surface area (Å²) in [6.45, 7) is 6.25. The fraction of sp³-hybridized carbons (Fsp3) is 0.222. The summed E-state index contributed by atoms with van der Waals surface area (Å²) in [5.41, 5.74) is 7.51. The van der Waals surface area contributed by atoms with Gasteiger partial charge < -0.3 is 4.40 Å². The van der Waals surface area contributed by atoms with Crippen LogP contribution in [0.4, 0.5) is 0 Å². The molecule has 3 heteroatoms. The van der Waals surface area contributed by atoms with Crippen LogP contribution < -0.4 is 0 Å². The Bertz CT molecular complexity index is 866. The lowest BCUT2D eigenvalue weighted by Gasteiger charge is -2.05. The van der Waals surface area contributed by atoms with Crippen molar-refractivity contribution in [3.8, 4) is 17.3 Å². The fourth-order valence-electron chi connectivity index (χ4n) is 2.56. The van der Waals surface area contributed by atoms with E-state index in [1.54, 1.807) is 0 Å². The molecule has 0 N–H and O–H groups in total. The second-order valence-electron chi connectivity index (χ2n) is 5.47. The van der Waals surface area contributed by atoms with E-state index >= 15 is 0 Å². The van der Waals surface area contributed by atoms with E-state index in [-0.39, 0.29) is 0 Å². The maximum Gasteiger partial charge on any atom is 0.137 e. The zero-order valence-electron chi connectivity index (χ0n) is 12.5. The molecule has 0 atom stereocenters. The Kier molecular flexibility index (Phi) is 3.23. The van der Waals surface area contributed by atoms with Crippen LogP contribution in [0.5, 0.6) is 0 Å². The molecular weight excluding hydrogens is 258 g/mol. The van der Waals surface area contributed by atoms with Crippen molar-refractivity contribution in [3.05, 3.63) is 58.9 Å². The Morgan fingerprint density at radius 2 is 1.90 bits per heavy atom. The number of nitriles is 1. The van der Waals surface area contributed by atoms with Gasteiger partial charge in [0.25, 0.3) is 0 Å². The van der Waals surface area contributed by atoms with Gasteiger partial charge in [0.15, 0.2) is 0 Å². The molecule has 2 aromatic heterocycles. The Morgan fingerprint density at radius 3 is 2.62 bits per heavy atom. The number of benzene rings is 1. The number of fused-ring (bicyclic) bond motifs is 1. The van der Waals surface area contributed by atoms with E-state index in [0.29, 0.717) is 6.42 Å². The lowest BCUT2D eigenvalue weighted by atomic mass is 10.0. The summed E-state index contributed by atoms with van der Waals surface area (Å²) < 4.78 is 2.01. The number of hydrogen-bond acceptors (Lipinski definition) is 2. The molecule has 3 nitrogen and oxygen atoms in total. The highest BCUT2D eigenvalue weighted by Crippen LogP contribution is 2.27. The van der Waals surface area contributed by atoms with Crippen LogP contribution in [0.1, 0.15) is 22.4 Å². The summed E-state index contributed by atoms with van der Waals surface area (Å²) in [5.74, 6) is 0. The summed E-state index contributed by atoms with van der Waals surface area (Å²) in [6.07, 6.45) is 2.35. The molecule has 0 aliphatic rings. The van der Waals surface area contributed by atoms with Gasteiger partial charge in [0.2, 0.25) is 0 Å². The molecular formula is C18H17N3. The molecule has 3 aromatic rings. The van der Waals surface area contributed by atoms with Crippen LogP contribution in [0.25, 0.3) is 16.9 Å². The third-order valence-corrected chi connectivity index (χ3v) is 3.91. The van der Waals surface area contributed by atoms with Crippen LogP contribution in [-0.2, 0) is 6.42 Å². The zero-order valence-corrected chi connectivity index (χ0v) is 12.5. The van der Waals surface area contributed by atoms with Crippen LogP contribution >= 0.6 is 0 Å². The molecule has 0 aliphatic heterocycles. The first-order valence-electron chi connectivity index (χ1n) is 7.02. The lowest BCUT2D eigenvalue weighted by molar-refractivity contribution is 1.05. The van der Waals surface area contributed by atoms with Crippen molar-refractivity contribution in [1.29, 1.82) is 5.26 Å². The maximum absolute atomic E-state index is 9.13. The lowest BCUT2D eigenvalue weighted by Crippen LogP contribution is -1.94. The molecule has 0 bridgehead atoms. The Labute approximate surface area is 124 Å². The summed E-state index contributed by atoms with van der Waals surface area (Å²) >= 11 is 0. The number of aryl methyl sites for hydroxylation is 3. The van der Waals surface area contributed by atoms with Crippen molar-refractivity contribution in [2.75, 3.05) is 0 Å². The first-order chi connectivity index (χ1) is 10.1. The van der Waals surface area contributed by atoms with Crippen LogP contribution in [0.15, 0.2) is 36.5 Å². The summed E-state index contributed by atoms with van der Waals surface area (Å²) in [5, 5.41) is 9.13. The normalized spacial score (nSPS) is 10.8. The second kappa shape index (κ2) is 5.06. The number of hydrogen-bond donors (Lipinski definition) is 0. The van der Waals surface area contributed by atoms with E-state index in [4.69, 9.17) is 10.2 Å². The number of rotatable bonds is 2. The number of nitrogens with zero attached hydrogens (tertiary/aromatic N) is 3. The van der Waals surface area contributed by atoms with Crippen LogP contribution in [0, 0.1) is 32.1 Å². The molecule has 3 rings (SSSR count). The topological polar surface area (TPSA) is 41.1 Å². The fourth-order valence-corrected chi connectivity index (χ4v) is 2.56. The molecule has 1 aromatic carbocycles. The third kappa shape index (κ3) is 2.30. The van der Waals surface area contributed by atoms with Crippen molar-refractivity contribution < 1.29 is 0 Å². The van der Waals surface area contributed by atoms with Crippen LogP contribution in [-0.4, -0.2) is 9.38 Å². The van der Waals surface area contributed by atoms with Gasteiger partial charge in [-0.15, -0.1) is 0 Å². The minimum Gasteiger partial charge on any atom is -0.302 e. The van der Waals surface area contributed by atoms with E-state index in [1.165, 1.54) is 16.7 Å². The zero-order chi connectivity index (χ0) is 15.0. The monoisotopic (exact) mass is 275 g/mol. The van der Waals surface area contributed by atoms with Crippen molar-refractivity contribution in [2.24, 2.45) is 0 Å². The van der Waals surface area contributed by atoms with E-state index in [1.807, 2.05) is 29.7 Å². The summed E-state index contributed by atoms with van der Waals surface area (Å²) in [7, 11) is 0. The van der Waals surface area contributed by atoms with Crippen LogP contribution in [0.2, 0.25) is 0 Å². The first kappa shape index (κ1) is 13.4. The van der Waals surface area contributed by atoms with E-state index in [0.717, 1.165) is 22.6 Å². The molecule has 0 aliphatic carbocycles.